The van der Waals surface area contributed by atoms with Gasteiger partial charge >= 0.3 is 6.18 Å². The Balaban J connectivity index is 2.92. The van der Waals surface area contributed by atoms with Crippen LogP contribution in [0.15, 0.2) is 16.6 Å². The van der Waals surface area contributed by atoms with Gasteiger partial charge in [-0.1, -0.05) is 0 Å². The molecule has 1 aromatic rings. The molecular weight excluding hydrogens is 333 g/mol. The Kier molecular flexibility index (Phi) is 5.19. The number of aliphatic hydroxyl groups is 1. The second-order valence-corrected chi connectivity index (χ2v) is 4.37. The Hall–Kier alpha value is -1.28. The van der Waals surface area contributed by atoms with E-state index in [1.807, 2.05) is 0 Å². The Morgan fingerprint density at radius 2 is 2.11 bits per heavy atom. The monoisotopic (exact) mass is 342 g/mol. The van der Waals surface area contributed by atoms with E-state index in [1.54, 1.807) is 0 Å². The molecule has 0 spiro atoms. The molecule has 19 heavy (non-hydrogen) atoms. The van der Waals surface area contributed by atoms with Crippen LogP contribution in [-0.4, -0.2) is 37.4 Å². The summed E-state index contributed by atoms with van der Waals surface area (Å²) in [6, 6.07) is 2.68. The van der Waals surface area contributed by atoms with Crippen molar-refractivity contribution in [1.29, 1.82) is 0 Å². The topological polar surface area (TPSA) is 55.8 Å². The van der Waals surface area contributed by atoms with Crippen molar-refractivity contribution < 1.29 is 32.5 Å². The Morgan fingerprint density at radius 3 is 2.58 bits per heavy atom. The predicted octanol–water partition coefficient (Wildman–Crippen LogP) is 2.57. The number of alkyl halides is 3. The molecule has 1 aromatic carbocycles. The van der Waals surface area contributed by atoms with Crippen LogP contribution in [0.1, 0.15) is 10.4 Å². The van der Waals surface area contributed by atoms with Gasteiger partial charge in [0, 0.05) is 5.56 Å². The van der Waals surface area contributed by atoms with E-state index in [0.29, 0.717) is 6.29 Å². The van der Waals surface area contributed by atoms with E-state index in [1.165, 1.54) is 19.2 Å². The average molecular weight is 343 g/mol. The lowest BCUT2D eigenvalue weighted by atomic mass is 10.2. The van der Waals surface area contributed by atoms with Gasteiger partial charge in [0.15, 0.2) is 17.6 Å². The molecule has 4 nitrogen and oxygen atoms in total. The molecule has 0 aliphatic heterocycles. The maximum atomic E-state index is 12.1. The third-order valence-electron chi connectivity index (χ3n) is 2.15. The summed E-state index contributed by atoms with van der Waals surface area (Å²) < 4.78 is 46.5. The van der Waals surface area contributed by atoms with Gasteiger partial charge in [-0.05, 0) is 28.1 Å². The van der Waals surface area contributed by atoms with E-state index in [2.05, 4.69) is 15.9 Å². The summed E-state index contributed by atoms with van der Waals surface area (Å²) in [5.74, 6) is 0.0715. The first-order valence-corrected chi connectivity index (χ1v) is 5.79. The zero-order valence-electron chi connectivity index (χ0n) is 9.70. The lowest BCUT2D eigenvalue weighted by Gasteiger charge is -2.17. The highest BCUT2D eigenvalue weighted by Gasteiger charge is 2.39. The number of hydrogen-bond donors (Lipinski definition) is 1. The molecule has 0 aromatic heterocycles. The van der Waals surface area contributed by atoms with E-state index < -0.39 is 18.9 Å². The van der Waals surface area contributed by atoms with Gasteiger partial charge < -0.3 is 14.6 Å². The molecule has 0 amide bonds. The van der Waals surface area contributed by atoms with Crippen molar-refractivity contribution in [3.8, 4) is 11.5 Å². The number of rotatable bonds is 5. The van der Waals surface area contributed by atoms with Crippen LogP contribution in [0.4, 0.5) is 13.2 Å². The molecular formula is C11H10BrF3O4. The minimum absolute atomic E-state index is 0.0172. The Labute approximate surface area is 115 Å². The van der Waals surface area contributed by atoms with Crippen molar-refractivity contribution in [3.63, 3.8) is 0 Å². The number of aldehydes is 1. The first kappa shape index (κ1) is 15.8. The van der Waals surface area contributed by atoms with Crippen molar-refractivity contribution in [2.24, 2.45) is 0 Å². The summed E-state index contributed by atoms with van der Waals surface area (Å²) in [5.41, 5.74) is 0.271. The number of aliphatic hydroxyl groups excluding tert-OH is 1. The van der Waals surface area contributed by atoms with Crippen LogP contribution in [-0.2, 0) is 0 Å². The molecule has 0 saturated heterocycles. The van der Waals surface area contributed by atoms with Crippen LogP contribution in [0.25, 0.3) is 0 Å². The molecule has 8 heteroatoms. The van der Waals surface area contributed by atoms with Crippen LogP contribution in [0.3, 0.4) is 0 Å². The van der Waals surface area contributed by atoms with Gasteiger partial charge in [-0.2, -0.15) is 13.2 Å². The zero-order valence-corrected chi connectivity index (χ0v) is 11.3. The predicted molar refractivity (Wildman–Crippen MR) is 63.6 cm³/mol. The van der Waals surface area contributed by atoms with Crippen LogP contribution in [0, 0.1) is 0 Å². The summed E-state index contributed by atoms with van der Waals surface area (Å²) in [7, 11) is 1.28. The average Bonchev–Trinajstić information content (AvgIpc) is 2.34. The molecule has 0 aliphatic carbocycles. The van der Waals surface area contributed by atoms with Gasteiger partial charge in [-0.15, -0.1) is 0 Å². The number of halogens is 4. The molecule has 0 saturated carbocycles. The van der Waals surface area contributed by atoms with E-state index in [0.717, 1.165) is 0 Å². The van der Waals surface area contributed by atoms with E-state index in [-0.39, 0.29) is 21.5 Å². The standard InChI is InChI=1S/C11H10BrF3O4/c1-18-8-3-6(4-16)2-7(12)10(8)19-5-9(17)11(13,14)15/h2-4,9,17H,5H2,1H3. The summed E-state index contributed by atoms with van der Waals surface area (Å²) >= 11 is 3.05. The summed E-state index contributed by atoms with van der Waals surface area (Å²) in [6.45, 7) is -0.973. The number of ether oxygens (including phenoxy) is 2. The highest BCUT2D eigenvalue weighted by molar-refractivity contribution is 9.10. The van der Waals surface area contributed by atoms with Crippen molar-refractivity contribution in [3.05, 3.63) is 22.2 Å². The number of hydrogen-bond acceptors (Lipinski definition) is 4. The van der Waals surface area contributed by atoms with Gasteiger partial charge in [0.1, 0.15) is 12.9 Å². The fourth-order valence-corrected chi connectivity index (χ4v) is 1.78. The van der Waals surface area contributed by atoms with Gasteiger partial charge in [0.2, 0.25) is 0 Å². The first-order chi connectivity index (χ1) is 8.79. The van der Waals surface area contributed by atoms with Gasteiger partial charge in [0.05, 0.1) is 11.6 Å². The maximum absolute atomic E-state index is 12.1. The van der Waals surface area contributed by atoms with Gasteiger partial charge in [0.25, 0.3) is 0 Å². The van der Waals surface area contributed by atoms with Crippen molar-refractivity contribution in [2.45, 2.75) is 12.3 Å². The number of carbonyl (C=O) groups is 1. The van der Waals surface area contributed by atoms with E-state index >= 15 is 0 Å². The highest BCUT2D eigenvalue weighted by atomic mass is 79.9. The highest BCUT2D eigenvalue weighted by Crippen LogP contribution is 2.36. The summed E-state index contributed by atoms with van der Waals surface area (Å²) in [5, 5.41) is 8.84. The second-order valence-electron chi connectivity index (χ2n) is 3.52. The smallest absolute Gasteiger partial charge is 0.417 e. The van der Waals surface area contributed by atoms with Gasteiger partial charge in [-0.3, -0.25) is 4.79 Å². The van der Waals surface area contributed by atoms with E-state index in [4.69, 9.17) is 14.6 Å². The minimum atomic E-state index is -4.76. The molecule has 106 valence electrons. The third-order valence-corrected chi connectivity index (χ3v) is 2.74. The lowest BCUT2D eigenvalue weighted by Crippen LogP contribution is -2.34. The lowest BCUT2D eigenvalue weighted by molar-refractivity contribution is -0.210. The summed E-state index contributed by atoms with van der Waals surface area (Å²) in [6.07, 6.45) is -6.81. The molecule has 1 atom stereocenters. The number of benzene rings is 1. The molecule has 0 fully saturated rings. The third kappa shape index (κ3) is 4.10. The molecule has 1 N–H and O–H groups in total. The molecule has 0 bridgehead atoms. The molecule has 0 aliphatic rings. The first-order valence-electron chi connectivity index (χ1n) is 5.00. The molecule has 0 radical (unpaired) electrons. The molecule has 0 heterocycles. The Morgan fingerprint density at radius 1 is 1.47 bits per heavy atom. The van der Waals surface area contributed by atoms with Crippen LogP contribution in [0.2, 0.25) is 0 Å². The normalized spacial score (nSPS) is 12.9. The molecule has 1 unspecified atom stereocenters. The number of carbonyl (C=O) groups excluding carboxylic acids is 1. The van der Waals surface area contributed by atoms with Crippen molar-refractivity contribution in [1.82, 2.24) is 0 Å². The largest absolute Gasteiger partial charge is 0.493 e. The summed E-state index contributed by atoms with van der Waals surface area (Å²) in [4.78, 5) is 10.6. The SMILES string of the molecule is COc1cc(C=O)cc(Br)c1OCC(O)C(F)(F)F. The van der Waals surface area contributed by atoms with E-state index in [9.17, 15) is 18.0 Å². The quantitative estimate of drug-likeness (QED) is 0.835. The zero-order chi connectivity index (χ0) is 14.6. The second kappa shape index (κ2) is 6.25. The van der Waals surface area contributed by atoms with Crippen molar-refractivity contribution in [2.75, 3.05) is 13.7 Å². The van der Waals surface area contributed by atoms with Crippen LogP contribution < -0.4 is 9.47 Å². The Bertz CT molecular complexity index is 462. The van der Waals surface area contributed by atoms with Crippen LogP contribution in [0.5, 0.6) is 11.5 Å². The number of methoxy groups -OCH3 is 1. The van der Waals surface area contributed by atoms with Crippen molar-refractivity contribution >= 4 is 22.2 Å². The maximum Gasteiger partial charge on any atom is 0.417 e. The van der Waals surface area contributed by atoms with Crippen LogP contribution >= 0.6 is 15.9 Å². The minimum Gasteiger partial charge on any atom is -0.493 e. The van der Waals surface area contributed by atoms with Gasteiger partial charge in [-0.25, -0.2) is 0 Å². The fourth-order valence-electron chi connectivity index (χ4n) is 1.20. The molecule has 1 rings (SSSR count). The fraction of sp³-hybridized carbons (Fsp3) is 0.364.